The van der Waals surface area contributed by atoms with Gasteiger partial charge in [-0.3, -0.25) is 39.0 Å². The van der Waals surface area contributed by atoms with E-state index in [1.807, 2.05) is 43.3 Å². The Bertz CT molecular complexity index is 2420. The largest absolute Gasteiger partial charge is 0.493 e. The zero-order valence-electron chi connectivity index (χ0n) is 38.5. The fourth-order valence-corrected chi connectivity index (χ4v) is 8.37. The van der Waals surface area contributed by atoms with Crippen LogP contribution >= 0.6 is 0 Å². The number of fused-ring (bicyclic) bond motifs is 2. The van der Waals surface area contributed by atoms with Gasteiger partial charge in [0.15, 0.2) is 11.5 Å². The van der Waals surface area contributed by atoms with Crippen LogP contribution in [0.3, 0.4) is 0 Å². The molecule has 21 heteroatoms. The van der Waals surface area contributed by atoms with E-state index < -0.39 is 35.6 Å². The van der Waals surface area contributed by atoms with Crippen molar-refractivity contribution in [3.05, 3.63) is 82.4 Å². The van der Waals surface area contributed by atoms with E-state index in [2.05, 4.69) is 20.9 Å². The first-order valence-electron chi connectivity index (χ1n) is 22.4. The number of nitrogens with zero attached hydrogens (tertiary/aromatic N) is 5. The zero-order valence-corrected chi connectivity index (χ0v) is 38.5. The zero-order chi connectivity index (χ0) is 48.3. The van der Waals surface area contributed by atoms with Crippen LogP contribution in [0.1, 0.15) is 57.2 Å². The molecule has 8 amide bonds. The molecule has 7 rings (SSSR count). The van der Waals surface area contributed by atoms with Crippen LogP contribution in [-0.2, 0) is 44.5 Å². The molecule has 3 N–H and O–H groups in total. The number of carbonyl (C=O) groups excluding carboxylic acids is 7. The van der Waals surface area contributed by atoms with Crippen molar-refractivity contribution in [3.63, 3.8) is 0 Å². The molecule has 3 aromatic carbocycles. The fraction of sp³-hybridized carbons (Fsp3) is 0.447. The number of nitrogens with one attached hydrogen (secondary N) is 3. The van der Waals surface area contributed by atoms with Crippen LogP contribution in [0.2, 0.25) is 0 Å². The molecular formula is C47H56N8O13. The van der Waals surface area contributed by atoms with Gasteiger partial charge in [-0.1, -0.05) is 18.2 Å². The number of piperazine rings is 1. The smallest absolute Gasteiger partial charge is 0.337 e. The van der Waals surface area contributed by atoms with Gasteiger partial charge in [0.1, 0.15) is 19.3 Å². The summed E-state index contributed by atoms with van der Waals surface area (Å²) in [5.41, 5.74) is 4.43. The molecule has 1 unspecified atom stereocenters. The highest BCUT2D eigenvalue weighted by Gasteiger charge is 2.46. The van der Waals surface area contributed by atoms with Crippen LogP contribution < -0.4 is 30.3 Å². The van der Waals surface area contributed by atoms with Gasteiger partial charge in [0.05, 0.1) is 82.4 Å². The van der Waals surface area contributed by atoms with E-state index in [4.69, 9.17) is 33.5 Å². The highest BCUT2D eigenvalue weighted by molar-refractivity contribution is 6.26. The third kappa shape index (κ3) is 11.2. The van der Waals surface area contributed by atoms with Gasteiger partial charge in [0, 0.05) is 56.5 Å². The third-order valence-corrected chi connectivity index (χ3v) is 11.9. The first-order valence-corrected chi connectivity index (χ1v) is 22.4. The lowest BCUT2D eigenvalue weighted by molar-refractivity contribution is -0.137. The molecular weight excluding hydrogens is 885 g/mol. The van der Waals surface area contributed by atoms with E-state index in [1.54, 1.807) is 26.2 Å². The van der Waals surface area contributed by atoms with E-state index in [1.165, 1.54) is 23.2 Å². The van der Waals surface area contributed by atoms with Crippen LogP contribution in [0.4, 0.5) is 16.2 Å². The van der Waals surface area contributed by atoms with Gasteiger partial charge in [-0.05, 0) is 61.7 Å². The average molecular weight is 941 g/mol. The number of methoxy groups -OCH3 is 2. The number of imide groups is 2. The quantitative estimate of drug-likeness (QED) is 0.115. The lowest BCUT2D eigenvalue weighted by atomic mass is 9.94. The molecule has 0 bridgehead atoms. The molecule has 4 aliphatic rings. The molecule has 0 aromatic heterocycles. The SMILES string of the molecule is CNC(=O)N1N=C(c2ccc(N3CCN(C(=O)COCCOCCOCCOCC(=O)Nc4cccc5c4C(=O)N(C4CCC(=O)NC4=O)C5=O)CC3)cc2)c2cc(OC)c(OC)cc2C[C@@H]1C. The van der Waals surface area contributed by atoms with E-state index in [0.29, 0.717) is 49.8 Å². The number of hydrazone groups is 1. The number of urea groups is 1. The van der Waals surface area contributed by atoms with Crippen molar-refractivity contribution < 1.29 is 62.0 Å². The summed E-state index contributed by atoms with van der Waals surface area (Å²) >= 11 is 0. The molecule has 0 radical (unpaired) electrons. The fourth-order valence-electron chi connectivity index (χ4n) is 8.37. The molecule has 21 nitrogen and oxygen atoms in total. The topological polar surface area (TPSA) is 236 Å². The van der Waals surface area contributed by atoms with Crippen LogP contribution in [-0.4, -0.2) is 174 Å². The van der Waals surface area contributed by atoms with E-state index in [9.17, 15) is 33.6 Å². The first-order chi connectivity index (χ1) is 32.9. The van der Waals surface area contributed by atoms with Gasteiger partial charge < -0.3 is 48.9 Å². The van der Waals surface area contributed by atoms with Gasteiger partial charge in [0.25, 0.3) is 11.8 Å². The second kappa shape index (κ2) is 22.7. The van der Waals surface area contributed by atoms with Gasteiger partial charge in [-0.2, -0.15) is 5.10 Å². The van der Waals surface area contributed by atoms with Crippen molar-refractivity contribution >= 4 is 58.6 Å². The summed E-state index contributed by atoms with van der Waals surface area (Å²) in [4.78, 5) is 93.4. The average Bonchev–Trinajstić information content (AvgIpc) is 3.50. The van der Waals surface area contributed by atoms with E-state index in [0.717, 1.165) is 27.3 Å². The van der Waals surface area contributed by atoms with Crippen molar-refractivity contribution in [2.75, 3.05) is 111 Å². The predicted octanol–water partition coefficient (Wildman–Crippen LogP) is 1.80. The molecule has 3 aromatic rings. The number of carbonyl (C=O) groups is 7. The number of amides is 8. The number of anilines is 2. The number of benzene rings is 3. The Hall–Kier alpha value is -6.94. The number of piperidine rings is 1. The second-order valence-corrected chi connectivity index (χ2v) is 16.2. The summed E-state index contributed by atoms with van der Waals surface area (Å²) in [5, 5.41) is 13.8. The Balaban J connectivity index is 0.757. The van der Waals surface area contributed by atoms with Crippen LogP contribution in [0.5, 0.6) is 11.5 Å². The number of rotatable bonds is 19. The molecule has 0 aliphatic carbocycles. The van der Waals surface area contributed by atoms with Crippen molar-refractivity contribution in [3.8, 4) is 11.5 Å². The van der Waals surface area contributed by atoms with Crippen LogP contribution in [0, 0.1) is 0 Å². The summed E-state index contributed by atoms with van der Waals surface area (Å²) in [6, 6.07) is 14.7. The molecule has 68 heavy (non-hydrogen) atoms. The molecule has 2 saturated heterocycles. The Kier molecular flexibility index (Phi) is 16.4. The molecule has 0 spiro atoms. The van der Waals surface area contributed by atoms with Crippen molar-refractivity contribution in [1.29, 1.82) is 0 Å². The number of ether oxygens (including phenoxy) is 6. The monoisotopic (exact) mass is 940 g/mol. The normalized spacial score (nSPS) is 18.1. The maximum absolute atomic E-state index is 13.2. The Morgan fingerprint density at radius 3 is 2.07 bits per heavy atom. The van der Waals surface area contributed by atoms with Gasteiger partial charge in [-0.15, -0.1) is 0 Å². The van der Waals surface area contributed by atoms with Gasteiger partial charge >= 0.3 is 6.03 Å². The molecule has 0 saturated carbocycles. The Morgan fingerprint density at radius 1 is 0.779 bits per heavy atom. The van der Waals surface area contributed by atoms with Crippen LogP contribution in [0.15, 0.2) is 59.7 Å². The summed E-state index contributed by atoms with van der Waals surface area (Å²) < 4.78 is 33.2. The maximum Gasteiger partial charge on any atom is 0.337 e. The summed E-state index contributed by atoms with van der Waals surface area (Å²) in [5.74, 6) is -2.09. The van der Waals surface area contributed by atoms with Crippen molar-refractivity contribution in [2.24, 2.45) is 5.10 Å². The lowest BCUT2D eigenvalue weighted by Gasteiger charge is -2.36. The van der Waals surface area contributed by atoms with Gasteiger partial charge in [-0.25, -0.2) is 9.80 Å². The van der Waals surface area contributed by atoms with Crippen molar-refractivity contribution in [2.45, 2.75) is 38.3 Å². The Labute approximate surface area is 392 Å². The van der Waals surface area contributed by atoms with Gasteiger partial charge in [0.2, 0.25) is 23.6 Å². The highest BCUT2D eigenvalue weighted by Crippen LogP contribution is 2.36. The van der Waals surface area contributed by atoms with Crippen molar-refractivity contribution in [1.82, 2.24) is 25.4 Å². The summed E-state index contributed by atoms with van der Waals surface area (Å²) in [6.07, 6.45) is 0.580. The first kappa shape index (κ1) is 49.0. The lowest BCUT2D eigenvalue weighted by Crippen LogP contribution is -2.54. The third-order valence-electron chi connectivity index (χ3n) is 11.9. The predicted molar refractivity (Wildman–Crippen MR) is 245 cm³/mol. The van der Waals surface area contributed by atoms with E-state index in [-0.39, 0.29) is 100 Å². The van der Waals surface area contributed by atoms with Crippen LogP contribution in [0.25, 0.3) is 0 Å². The minimum Gasteiger partial charge on any atom is -0.493 e. The number of hydrogen-bond acceptors (Lipinski definition) is 15. The molecule has 362 valence electrons. The highest BCUT2D eigenvalue weighted by atomic mass is 16.6. The Morgan fingerprint density at radius 2 is 1.43 bits per heavy atom. The standard InChI is InChI=1S/C47H56N8O13/c1-29-24-31-25-37(63-3)38(64-4)26-34(31)43(51-55(29)47(62)48-2)30-8-10-32(11-9-30)52-14-16-53(17-15-52)41(58)28-68-23-21-66-19-18-65-20-22-67-27-40(57)49-35-7-5-6-33-42(35)46(61)54(45(33)60)36-12-13-39(56)50-44(36)59/h5-11,25-26,29,36H,12-24,27-28H2,1-4H3,(H,48,62)(H,49,57)(H,50,56,59)/t29-,36?/m0/s1. The minimum atomic E-state index is -1.12. The molecule has 4 heterocycles. The van der Waals surface area contributed by atoms with E-state index >= 15 is 0 Å². The molecule has 4 aliphatic heterocycles. The maximum atomic E-state index is 13.2. The molecule has 2 atom stereocenters. The minimum absolute atomic E-state index is 0.00467. The second-order valence-electron chi connectivity index (χ2n) is 16.2. The molecule has 2 fully saturated rings. The summed E-state index contributed by atoms with van der Waals surface area (Å²) in [7, 11) is 4.76. The number of hydrogen-bond donors (Lipinski definition) is 3. The summed E-state index contributed by atoms with van der Waals surface area (Å²) in [6.45, 7) is 5.24.